The highest BCUT2D eigenvalue weighted by Gasteiger charge is 2.13. The molecular weight excluding hydrogens is 182 g/mol. The van der Waals surface area contributed by atoms with Crippen molar-refractivity contribution in [3.05, 3.63) is 30.1 Å². The van der Waals surface area contributed by atoms with Gasteiger partial charge in [0.1, 0.15) is 5.69 Å². The summed E-state index contributed by atoms with van der Waals surface area (Å²) in [6.07, 6.45) is 1.52. The number of carbonyl (C=O) groups excluding carboxylic acids is 2. The Morgan fingerprint density at radius 1 is 1.50 bits per heavy atom. The van der Waals surface area contributed by atoms with Gasteiger partial charge in [0, 0.05) is 13.2 Å². The van der Waals surface area contributed by atoms with Gasteiger partial charge in [-0.2, -0.15) is 0 Å². The number of primary amides is 1. The van der Waals surface area contributed by atoms with Gasteiger partial charge in [0.2, 0.25) is 5.91 Å². The molecule has 0 aromatic carbocycles. The Bertz CT molecular complexity index is 337. The predicted octanol–water partition coefficient (Wildman–Crippen LogP) is -0.361. The number of carbonyl (C=O) groups is 2. The lowest BCUT2D eigenvalue weighted by molar-refractivity contribution is -0.118. The Kier molecular flexibility index (Phi) is 3.17. The smallest absolute Gasteiger partial charge is 0.272 e. The molecule has 1 rings (SSSR count). The van der Waals surface area contributed by atoms with Crippen LogP contribution in [0.15, 0.2) is 24.4 Å². The molecule has 0 spiro atoms. The van der Waals surface area contributed by atoms with Gasteiger partial charge in [0.05, 0.1) is 6.54 Å². The third kappa shape index (κ3) is 2.55. The first kappa shape index (κ1) is 10.2. The molecule has 0 saturated heterocycles. The quantitative estimate of drug-likeness (QED) is 0.712. The van der Waals surface area contributed by atoms with Crippen molar-refractivity contribution < 1.29 is 9.59 Å². The molecule has 0 atom stereocenters. The second-order valence-corrected chi connectivity index (χ2v) is 2.84. The minimum atomic E-state index is -0.545. The maximum Gasteiger partial charge on any atom is 0.272 e. The topological polar surface area (TPSA) is 76.3 Å². The van der Waals surface area contributed by atoms with E-state index in [1.165, 1.54) is 18.1 Å². The first-order chi connectivity index (χ1) is 6.61. The van der Waals surface area contributed by atoms with Gasteiger partial charge in [-0.05, 0) is 12.1 Å². The predicted molar refractivity (Wildman–Crippen MR) is 50.4 cm³/mol. The average Bonchev–Trinajstić information content (AvgIpc) is 2.17. The van der Waals surface area contributed by atoms with Gasteiger partial charge in [0.25, 0.3) is 5.91 Å². The molecule has 1 heterocycles. The van der Waals surface area contributed by atoms with Crippen LogP contribution in [0.5, 0.6) is 0 Å². The van der Waals surface area contributed by atoms with Gasteiger partial charge in [-0.25, -0.2) is 0 Å². The minimum Gasteiger partial charge on any atom is -0.368 e. The summed E-state index contributed by atoms with van der Waals surface area (Å²) in [6.45, 7) is -0.102. The van der Waals surface area contributed by atoms with Crippen LogP contribution in [0.2, 0.25) is 0 Å². The number of nitrogens with two attached hydrogens (primary N) is 1. The number of nitrogens with zero attached hydrogens (tertiary/aromatic N) is 2. The molecule has 5 nitrogen and oxygen atoms in total. The van der Waals surface area contributed by atoms with Crippen LogP contribution in [0.4, 0.5) is 0 Å². The third-order valence-corrected chi connectivity index (χ3v) is 1.62. The standard InChI is InChI=1S/C9H11N3O2/c1-12(6-8(10)13)9(14)7-4-2-3-5-11-7/h2-5H,6H2,1H3,(H2,10,13). The Balaban J connectivity index is 2.71. The van der Waals surface area contributed by atoms with Gasteiger partial charge < -0.3 is 10.6 Å². The lowest BCUT2D eigenvalue weighted by Crippen LogP contribution is -2.35. The summed E-state index contributed by atoms with van der Waals surface area (Å²) in [5, 5.41) is 0. The highest BCUT2D eigenvalue weighted by Crippen LogP contribution is 1.98. The van der Waals surface area contributed by atoms with E-state index in [2.05, 4.69) is 4.98 Å². The zero-order valence-corrected chi connectivity index (χ0v) is 7.80. The van der Waals surface area contributed by atoms with Crippen LogP contribution in [-0.2, 0) is 4.79 Å². The van der Waals surface area contributed by atoms with Crippen molar-refractivity contribution >= 4 is 11.8 Å². The molecule has 74 valence electrons. The molecule has 0 aliphatic rings. The van der Waals surface area contributed by atoms with Gasteiger partial charge in [-0.15, -0.1) is 0 Å². The Morgan fingerprint density at radius 2 is 2.21 bits per heavy atom. The van der Waals surface area contributed by atoms with Gasteiger partial charge >= 0.3 is 0 Å². The maximum atomic E-state index is 11.5. The fourth-order valence-electron chi connectivity index (χ4n) is 0.990. The largest absolute Gasteiger partial charge is 0.368 e. The second kappa shape index (κ2) is 4.36. The van der Waals surface area contributed by atoms with E-state index in [1.54, 1.807) is 18.2 Å². The molecule has 1 aromatic rings. The Morgan fingerprint density at radius 3 is 2.71 bits per heavy atom. The van der Waals surface area contributed by atoms with Crippen LogP contribution in [0, 0.1) is 0 Å². The van der Waals surface area contributed by atoms with Crippen LogP contribution < -0.4 is 5.73 Å². The van der Waals surface area contributed by atoms with E-state index in [0.29, 0.717) is 5.69 Å². The number of likely N-dealkylation sites (N-methyl/N-ethyl adjacent to an activating group) is 1. The Hall–Kier alpha value is -1.91. The fourth-order valence-corrected chi connectivity index (χ4v) is 0.990. The molecule has 14 heavy (non-hydrogen) atoms. The summed E-state index contributed by atoms with van der Waals surface area (Å²) in [7, 11) is 1.50. The molecule has 0 fully saturated rings. The van der Waals surface area contributed by atoms with Gasteiger partial charge in [0.15, 0.2) is 0 Å². The highest BCUT2D eigenvalue weighted by molar-refractivity contribution is 5.94. The summed E-state index contributed by atoms with van der Waals surface area (Å²) < 4.78 is 0. The highest BCUT2D eigenvalue weighted by atomic mass is 16.2. The summed E-state index contributed by atoms with van der Waals surface area (Å²) in [4.78, 5) is 27.2. The molecule has 0 unspecified atom stereocenters. The normalized spacial score (nSPS) is 9.50. The Labute approximate surface area is 81.5 Å². The SMILES string of the molecule is CN(CC(N)=O)C(=O)c1ccccn1. The molecule has 2 amide bonds. The van der Waals surface area contributed by atoms with Crippen molar-refractivity contribution in [2.45, 2.75) is 0 Å². The molecular formula is C9H11N3O2. The molecule has 0 aliphatic carbocycles. The molecule has 5 heteroatoms. The molecule has 0 bridgehead atoms. The van der Waals surface area contributed by atoms with Crippen molar-refractivity contribution in [2.75, 3.05) is 13.6 Å². The number of pyridine rings is 1. The molecule has 0 aliphatic heterocycles. The molecule has 2 N–H and O–H groups in total. The van der Waals surface area contributed by atoms with Crippen LogP contribution in [-0.4, -0.2) is 35.3 Å². The summed E-state index contributed by atoms with van der Waals surface area (Å²) in [5.74, 6) is -0.860. The number of aromatic nitrogens is 1. The molecule has 1 aromatic heterocycles. The number of hydrogen-bond donors (Lipinski definition) is 1. The van der Waals surface area contributed by atoms with E-state index in [-0.39, 0.29) is 12.5 Å². The number of amides is 2. The summed E-state index contributed by atoms with van der Waals surface area (Å²) in [6, 6.07) is 5.00. The monoisotopic (exact) mass is 193 g/mol. The van der Waals surface area contributed by atoms with Crippen molar-refractivity contribution in [1.29, 1.82) is 0 Å². The van der Waals surface area contributed by atoms with Crippen LogP contribution in [0.1, 0.15) is 10.5 Å². The van der Waals surface area contributed by atoms with Gasteiger partial charge in [-0.3, -0.25) is 14.6 Å². The van der Waals surface area contributed by atoms with E-state index in [0.717, 1.165) is 0 Å². The van der Waals surface area contributed by atoms with Crippen molar-refractivity contribution in [1.82, 2.24) is 9.88 Å². The van der Waals surface area contributed by atoms with E-state index in [9.17, 15) is 9.59 Å². The number of rotatable bonds is 3. The van der Waals surface area contributed by atoms with E-state index in [4.69, 9.17) is 5.73 Å². The zero-order valence-electron chi connectivity index (χ0n) is 7.80. The summed E-state index contributed by atoms with van der Waals surface area (Å²) in [5.41, 5.74) is 5.26. The molecule has 0 saturated carbocycles. The van der Waals surface area contributed by atoms with E-state index in [1.807, 2.05) is 0 Å². The lowest BCUT2D eigenvalue weighted by atomic mass is 10.3. The van der Waals surface area contributed by atoms with Crippen molar-refractivity contribution in [3.8, 4) is 0 Å². The van der Waals surface area contributed by atoms with E-state index >= 15 is 0 Å². The maximum absolute atomic E-state index is 11.5. The zero-order chi connectivity index (χ0) is 10.6. The van der Waals surface area contributed by atoms with Crippen LogP contribution in [0.3, 0.4) is 0 Å². The average molecular weight is 193 g/mol. The summed E-state index contributed by atoms with van der Waals surface area (Å²) >= 11 is 0. The van der Waals surface area contributed by atoms with Crippen molar-refractivity contribution in [2.24, 2.45) is 5.73 Å². The minimum absolute atomic E-state index is 0.102. The van der Waals surface area contributed by atoms with Gasteiger partial charge in [-0.1, -0.05) is 6.07 Å². The van der Waals surface area contributed by atoms with Crippen molar-refractivity contribution in [3.63, 3.8) is 0 Å². The molecule has 0 radical (unpaired) electrons. The van der Waals surface area contributed by atoms with Crippen LogP contribution >= 0.6 is 0 Å². The first-order valence-corrected chi connectivity index (χ1v) is 4.06. The fraction of sp³-hybridized carbons (Fsp3) is 0.222. The lowest BCUT2D eigenvalue weighted by Gasteiger charge is -2.13. The second-order valence-electron chi connectivity index (χ2n) is 2.84. The number of hydrogen-bond acceptors (Lipinski definition) is 3. The first-order valence-electron chi connectivity index (χ1n) is 4.06. The van der Waals surface area contributed by atoms with Crippen LogP contribution in [0.25, 0.3) is 0 Å². The van der Waals surface area contributed by atoms with E-state index < -0.39 is 5.91 Å². The third-order valence-electron chi connectivity index (χ3n) is 1.62.